The smallest absolute Gasteiger partial charge is 0.262 e. The van der Waals surface area contributed by atoms with E-state index in [1.165, 1.54) is 13.3 Å². The van der Waals surface area contributed by atoms with E-state index in [-0.39, 0.29) is 12.7 Å². The second-order valence-corrected chi connectivity index (χ2v) is 9.84. The molecule has 8 nitrogen and oxygen atoms in total. The molecule has 170 valence electrons. The molecule has 1 unspecified atom stereocenters. The first kappa shape index (κ1) is 23.4. The molecule has 0 radical (unpaired) electrons. The van der Waals surface area contributed by atoms with Crippen molar-refractivity contribution in [2.45, 2.75) is 65.4 Å². The Labute approximate surface area is 184 Å². The number of nitrogens with one attached hydrogen (secondary N) is 2. The highest BCUT2D eigenvalue weighted by atomic mass is 32.2. The average Bonchev–Trinajstić information content (AvgIpc) is 2.66. The first-order valence-corrected chi connectivity index (χ1v) is 12.2. The lowest BCUT2D eigenvalue weighted by Crippen LogP contribution is -2.39. The molecular weight excluding hydrogens is 416 g/mol. The number of anilines is 1. The van der Waals surface area contributed by atoms with Gasteiger partial charge in [0.2, 0.25) is 11.8 Å². The third-order valence-electron chi connectivity index (χ3n) is 5.57. The van der Waals surface area contributed by atoms with Gasteiger partial charge in [-0.05, 0) is 58.6 Å². The molecule has 1 fully saturated rings. The molecule has 1 aliphatic rings. The minimum Gasteiger partial charge on any atom is -0.478 e. The number of rotatable bonds is 10. The van der Waals surface area contributed by atoms with Crippen LogP contribution in [-0.4, -0.2) is 43.2 Å². The van der Waals surface area contributed by atoms with E-state index in [0.717, 1.165) is 35.1 Å². The Bertz CT molecular complexity index is 1000. The molecule has 1 aliphatic carbocycles. The van der Waals surface area contributed by atoms with E-state index in [2.05, 4.69) is 20.0 Å². The number of aryl methyl sites for hydroxylation is 2. The van der Waals surface area contributed by atoms with Crippen LogP contribution in [0, 0.1) is 20.8 Å². The molecule has 0 aliphatic heterocycles. The molecule has 1 aromatic heterocycles. The van der Waals surface area contributed by atoms with E-state index in [4.69, 9.17) is 9.47 Å². The lowest BCUT2D eigenvalue weighted by Gasteiger charge is -2.27. The van der Waals surface area contributed by atoms with Gasteiger partial charge in [0.05, 0.1) is 19.0 Å². The Hall–Kier alpha value is -2.23. The zero-order valence-corrected chi connectivity index (χ0v) is 19.7. The first-order chi connectivity index (χ1) is 14.7. The van der Waals surface area contributed by atoms with Gasteiger partial charge in [-0.3, -0.25) is 5.32 Å². The van der Waals surface area contributed by atoms with Crippen molar-refractivity contribution >= 4 is 16.0 Å². The summed E-state index contributed by atoms with van der Waals surface area (Å²) < 4.78 is 39.3. The fourth-order valence-electron chi connectivity index (χ4n) is 3.45. The molecule has 2 N–H and O–H groups in total. The topological polar surface area (TPSA) is 102 Å². The molecule has 0 spiro atoms. The molecule has 0 bridgehead atoms. The minimum atomic E-state index is -3.86. The summed E-state index contributed by atoms with van der Waals surface area (Å²) in [5, 5.41) is 3.20. The average molecular weight is 449 g/mol. The van der Waals surface area contributed by atoms with Crippen molar-refractivity contribution in [3.05, 3.63) is 34.9 Å². The summed E-state index contributed by atoms with van der Waals surface area (Å²) >= 11 is 0. The maximum atomic E-state index is 12.8. The standard InChI is InChI=1S/C22H32N4O4S/c1-6-29-21-16(4)20(19-14(2)9-7-10-15(19)3)24-22(25-21)26-31(27,28)17(5)30-13-23-18-11-8-12-18/h7,9-10,17-18,23H,6,8,11-13H2,1-5H3,(H,24,25,26). The highest BCUT2D eigenvalue weighted by Gasteiger charge is 2.25. The summed E-state index contributed by atoms with van der Waals surface area (Å²) in [5.74, 6) is 0.321. The van der Waals surface area contributed by atoms with Gasteiger partial charge in [0.15, 0.2) is 5.44 Å². The predicted molar refractivity (Wildman–Crippen MR) is 122 cm³/mol. The van der Waals surface area contributed by atoms with E-state index >= 15 is 0 Å². The zero-order chi connectivity index (χ0) is 22.6. The van der Waals surface area contributed by atoms with Crippen LogP contribution in [-0.2, 0) is 14.8 Å². The normalized spacial score (nSPS) is 15.4. The van der Waals surface area contributed by atoms with Crippen LogP contribution in [0.2, 0.25) is 0 Å². The van der Waals surface area contributed by atoms with Crippen molar-refractivity contribution in [3.8, 4) is 17.1 Å². The van der Waals surface area contributed by atoms with Crippen LogP contribution < -0.4 is 14.8 Å². The van der Waals surface area contributed by atoms with Crippen molar-refractivity contribution < 1.29 is 17.9 Å². The van der Waals surface area contributed by atoms with Crippen LogP contribution in [0.5, 0.6) is 5.88 Å². The van der Waals surface area contributed by atoms with Gasteiger partial charge >= 0.3 is 0 Å². The quantitative estimate of drug-likeness (QED) is 0.535. The Kier molecular flexibility index (Phi) is 7.51. The second-order valence-electron chi connectivity index (χ2n) is 7.88. The maximum Gasteiger partial charge on any atom is 0.262 e. The van der Waals surface area contributed by atoms with Crippen molar-refractivity contribution in [1.29, 1.82) is 0 Å². The van der Waals surface area contributed by atoms with Crippen LogP contribution in [0.15, 0.2) is 18.2 Å². The largest absolute Gasteiger partial charge is 0.478 e. The molecule has 9 heteroatoms. The van der Waals surface area contributed by atoms with Gasteiger partial charge in [-0.15, -0.1) is 0 Å². The molecule has 3 rings (SSSR count). The number of sulfonamides is 1. The van der Waals surface area contributed by atoms with Gasteiger partial charge in [-0.1, -0.05) is 24.6 Å². The van der Waals surface area contributed by atoms with Crippen molar-refractivity contribution in [2.24, 2.45) is 0 Å². The number of aromatic nitrogens is 2. The van der Waals surface area contributed by atoms with Gasteiger partial charge in [-0.2, -0.15) is 4.98 Å². The highest BCUT2D eigenvalue weighted by Crippen LogP contribution is 2.33. The van der Waals surface area contributed by atoms with Crippen LogP contribution in [0.4, 0.5) is 5.95 Å². The molecule has 0 saturated heterocycles. The second kappa shape index (κ2) is 9.93. The monoisotopic (exact) mass is 448 g/mol. The lowest BCUT2D eigenvalue weighted by molar-refractivity contribution is 0.0835. The molecule has 31 heavy (non-hydrogen) atoms. The van der Waals surface area contributed by atoms with E-state index in [1.54, 1.807) is 0 Å². The number of ether oxygens (including phenoxy) is 2. The van der Waals surface area contributed by atoms with E-state index in [1.807, 2.05) is 45.9 Å². The minimum absolute atomic E-state index is 0.0332. The van der Waals surface area contributed by atoms with Gasteiger partial charge in [0, 0.05) is 17.2 Å². The highest BCUT2D eigenvalue weighted by molar-refractivity contribution is 7.93. The van der Waals surface area contributed by atoms with Gasteiger partial charge < -0.3 is 9.47 Å². The third-order valence-corrected chi connectivity index (χ3v) is 7.04. The van der Waals surface area contributed by atoms with E-state index in [9.17, 15) is 8.42 Å². The fourth-order valence-corrected chi connectivity index (χ4v) is 4.20. The van der Waals surface area contributed by atoms with Gasteiger partial charge in [0.1, 0.15) is 0 Å². The van der Waals surface area contributed by atoms with Crippen molar-refractivity contribution in [3.63, 3.8) is 0 Å². The Morgan fingerprint density at radius 1 is 1.16 bits per heavy atom. The van der Waals surface area contributed by atoms with Gasteiger partial charge in [-0.25, -0.2) is 18.1 Å². The number of nitrogens with zero attached hydrogens (tertiary/aromatic N) is 2. The van der Waals surface area contributed by atoms with Crippen LogP contribution in [0.25, 0.3) is 11.3 Å². The summed E-state index contributed by atoms with van der Waals surface area (Å²) in [6, 6.07) is 6.39. The SMILES string of the molecule is CCOc1nc(NS(=O)(=O)C(C)OCNC2CCC2)nc(-c2c(C)cccc2C)c1C. The lowest BCUT2D eigenvalue weighted by atomic mass is 9.94. The number of hydrogen-bond donors (Lipinski definition) is 2. The Morgan fingerprint density at radius 3 is 2.42 bits per heavy atom. The third kappa shape index (κ3) is 5.53. The Balaban J connectivity index is 1.87. The molecule has 0 amide bonds. The summed E-state index contributed by atoms with van der Waals surface area (Å²) in [6.07, 6.45) is 3.39. The van der Waals surface area contributed by atoms with Crippen molar-refractivity contribution in [1.82, 2.24) is 15.3 Å². The van der Waals surface area contributed by atoms with Crippen LogP contribution >= 0.6 is 0 Å². The molecule has 1 aromatic carbocycles. The fraction of sp³-hybridized carbons (Fsp3) is 0.545. The van der Waals surface area contributed by atoms with Crippen LogP contribution in [0.1, 0.15) is 49.8 Å². The molecule has 2 aromatic rings. The number of benzene rings is 1. The predicted octanol–water partition coefficient (Wildman–Crippen LogP) is 3.67. The van der Waals surface area contributed by atoms with Crippen LogP contribution in [0.3, 0.4) is 0 Å². The molecule has 1 saturated carbocycles. The number of hydrogen-bond acceptors (Lipinski definition) is 7. The molecular formula is C22H32N4O4S. The maximum absolute atomic E-state index is 12.8. The summed E-state index contributed by atoms with van der Waals surface area (Å²) in [4.78, 5) is 8.86. The van der Waals surface area contributed by atoms with E-state index in [0.29, 0.717) is 24.2 Å². The summed E-state index contributed by atoms with van der Waals surface area (Å²) in [5.41, 5.74) is 3.36. The molecule has 1 atom stereocenters. The first-order valence-electron chi connectivity index (χ1n) is 10.7. The summed E-state index contributed by atoms with van der Waals surface area (Å²) in [7, 11) is -3.86. The molecule has 1 heterocycles. The van der Waals surface area contributed by atoms with Gasteiger partial charge in [0.25, 0.3) is 10.0 Å². The van der Waals surface area contributed by atoms with E-state index < -0.39 is 15.5 Å². The van der Waals surface area contributed by atoms with Crippen molar-refractivity contribution in [2.75, 3.05) is 18.1 Å². The zero-order valence-electron chi connectivity index (χ0n) is 18.9. The summed E-state index contributed by atoms with van der Waals surface area (Å²) in [6.45, 7) is 9.81. The Morgan fingerprint density at radius 2 is 1.84 bits per heavy atom.